The summed E-state index contributed by atoms with van der Waals surface area (Å²) in [6.45, 7) is 6.65. The molecule has 0 N–H and O–H groups in total. The van der Waals surface area contributed by atoms with Crippen molar-refractivity contribution in [1.82, 2.24) is 9.47 Å². The number of para-hydroxylation sites is 1. The minimum atomic E-state index is 0.590. The van der Waals surface area contributed by atoms with E-state index in [0.29, 0.717) is 6.04 Å². The first-order chi connectivity index (χ1) is 12.6. The fourth-order valence-electron chi connectivity index (χ4n) is 4.24. The molecule has 3 heteroatoms. The molecule has 0 bridgehead atoms. The van der Waals surface area contributed by atoms with Crippen molar-refractivity contribution in [2.45, 2.75) is 45.8 Å². The van der Waals surface area contributed by atoms with E-state index < -0.39 is 0 Å². The monoisotopic (exact) mass is 348 g/mol. The van der Waals surface area contributed by atoms with Gasteiger partial charge >= 0.3 is 0 Å². The SMILES string of the molecule is COc1ccc(CCn2c3c(c4cccc(C)c42)CN(C)C(C)C3)cc1. The van der Waals surface area contributed by atoms with Gasteiger partial charge in [-0.15, -0.1) is 0 Å². The maximum Gasteiger partial charge on any atom is 0.118 e. The van der Waals surface area contributed by atoms with Crippen molar-refractivity contribution in [3.8, 4) is 5.75 Å². The predicted molar refractivity (Wildman–Crippen MR) is 108 cm³/mol. The Bertz CT molecular complexity index is 924. The number of benzene rings is 2. The molecule has 2 aromatic carbocycles. The predicted octanol–water partition coefficient (Wildman–Crippen LogP) is 4.58. The fourth-order valence-corrected chi connectivity index (χ4v) is 4.24. The second-order valence-corrected chi connectivity index (χ2v) is 7.61. The molecule has 3 aromatic rings. The van der Waals surface area contributed by atoms with Gasteiger partial charge in [0.2, 0.25) is 0 Å². The van der Waals surface area contributed by atoms with E-state index in [1.54, 1.807) is 7.11 Å². The van der Waals surface area contributed by atoms with Gasteiger partial charge in [0.15, 0.2) is 0 Å². The second-order valence-electron chi connectivity index (χ2n) is 7.61. The van der Waals surface area contributed by atoms with Crippen molar-refractivity contribution in [3.05, 3.63) is 64.8 Å². The van der Waals surface area contributed by atoms with Crippen molar-refractivity contribution < 1.29 is 4.74 Å². The molecule has 1 unspecified atom stereocenters. The maximum absolute atomic E-state index is 5.28. The van der Waals surface area contributed by atoms with Gasteiger partial charge in [-0.05, 0) is 56.1 Å². The van der Waals surface area contributed by atoms with Gasteiger partial charge in [-0.25, -0.2) is 0 Å². The molecule has 1 aliphatic rings. The molecule has 26 heavy (non-hydrogen) atoms. The Morgan fingerprint density at radius 2 is 1.88 bits per heavy atom. The quantitative estimate of drug-likeness (QED) is 0.687. The lowest BCUT2D eigenvalue weighted by Crippen LogP contribution is -2.35. The van der Waals surface area contributed by atoms with E-state index in [1.807, 2.05) is 0 Å². The molecule has 0 aliphatic carbocycles. The third-order valence-electron chi connectivity index (χ3n) is 5.94. The Morgan fingerprint density at radius 1 is 1.12 bits per heavy atom. The highest BCUT2D eigenvalue weighted by molar-refractivity contribution is 5.88. The van der Waals surface area contributed by atoms with E-state index in [0.717, 1.165) is 31.7 Å². The van der Waals surface area contributed by atoms with Crippen LogP contribution in [0, 0.1) is 6.92 Å². The summed E-state index contributed by atoms with van der Waals surface area (Å²) in [5, 5.41) is 1.44. The summed E-state index contributed by atoms with van der Waals surface area (Å²) < 4.78 is 7.87. The zero-order valence-corrected chi connectivity index (χ0v) is 16.2. The number of rotatable bonds is 4. The van der Waals surface area contributed by atoms with Crippen molar-refractivity contribution in [1.29, 1.82) is 0 Å². The molecule has 2 heterocycles. The summed E-state index contributed by atoms with van der Waals surface area (Å²) in [5.41, 5.74) is 7.22. The van der Waals surface area contributed by atoms with Crippen LogP contribution in [0.1, 0.15) is 29.3 Å². The second kappa shape index (κ2) is 6.81. The Morgan fingerprint density at radius 3 is 2.62 bits per heavy atom. The van der Waals surface area contributed by atoms with Crippen LogP contribution in [-0.4, -0.2) is 29.7 Å². The normalized spacial score (nSPS) is 17.5. The molecule has 1 aliphatic heterocycles. The van der Waals surface area contributed by atoms with Crippen LogP contribution in [0.3, 0.4) is 0 Å². The molecule has 0 radical (unpaired) electrons. The summed E-state index contributed by atoms with van der Waals surface area (Å²) in [4.78, 5) is 2.47. The van der Waals surface area contributed by atoms with E-state index >= 15 is 0 Å². The third kappa shape index (κ3) is 2.90. The lowest BCUT2D eigenvalue weighted by atomic mass is 9.99. The Balaban J connectivity index is 1.72. The van der Waals surface area contributed by atoms with Gasteiger partial charge in [0.1, 0.15) is 5.75 Å². The van der Waals surface area contributed by atoms with E-state index in [9.17, 15) is 0 Å². The van der Waals surface area contributed by atoms with Gasteiger partial charge < -0.3 is 9.30 Å². The largest absolute Gasteiger partial charge is 0.497 e. The zero-order chi connectivity index (χ0) is 18.3. The molecule has 0 saturated carbocycles. The van der Waals surface area contributed by atoms with E-state index in [2.05, 4.69) is 72.8 Å². The summed E-state index contributed by atoms with van der Waals surface area (Å²) in [5.74, 6) is 0.922. The molecule has 0 spiro atoms. The first-order valence-electron chi connectivity index (χ1n) is 9.51. The van der Waals surface area contributed by atoms with Crippen LogP contribution in [0.15, 0.2) is 42.5 Å². The lowest BCUT2D eigenvalue weighted by molar-refractivity contribution is 0.228. The number of hydrogen-bond acceptors (Lipinski definition) is 2. The molecule has 0 saturated heterocycles. The summed E-state index contributed by atoms with van der Waals surface area (Å²) in [7, 11) is 3.96. The maximum atomic E-state index is 5.28. The highest BCUT2D eigenvalue weighted by Crippen LogP contribution is 2.34. The van der Waals surface area contributed by atoms with Gasteiger partial charge in [-0.1, -0.05) is 30.3 Å². The smallest absolute Gasteiger partial charge is 0.118 e. The molecular formula is C23H28N2O. The van der Waals surface area contributed by atoms with E-state index in [4.69, 9.17) is 4.74 Å². The average Bonchev–Trinajstić information content (AvgIpc) is 2.95. The number of aromatic nitrogens is 1. The number of aryl methyl sites for hydroxylation is 3. The summed E-state index contributed by atoms with van der Waals surface area (Å²) in [6, 6.07) is 15.8. The number of hydrogen-bond donors (Lipinski definition) is 0. The van der Waals surface area contributed by atoms with Gasteiger partial charge in [0.05, 0.1) is 12.6 Å². The molecule has 136 valence electrons. The van der Waals surface area contributed by atoms with Crippen molar-refractivity contribution in [3.63, 3.8) is 0 Å². The molecule has 0 amide bonds. The number of methoxy groups -OCH3 is 1. The molecular weight excluding hydrogens is 320 g/mol. The highest BCUT2D eigenvalue weighted by Gasteiger charge is 2.26. The van der Waals surface area contributed by atoms with Crippen molar-refractivity contribution >= 4 is 10.9 Å². The Labute approximate surface area is 156 Å². The van der Waals surface area contributed by atoms with Crippen molar-refractivity contribution in [2.24, 2.45) is 0 Å². The van der Waals surface area contributed by atoms with Gasteiger partial charge in [-0.3, -0.25) is 4.90 Å². The van der Waals surface area contributed by atoms with E-state index in [1.165, 1.54) is 33.3 Å². The highest BCUT2D eigenvalue weighted by atomic mass is 16.5. The summed E-state index contributed by atoms with van der Waals surface area (Å²) in [6.07, 6.45) is 2.17. The number of likely N-dealkylation sites (N-methyl/N-ethyl adjacent to an activating group) is 1. The molecule has 3 nitrogen and oxygen atoms in total. The lowest BCUT2D eigenvalue weighted by Gasteiger charge is -2.31. The minimum absolute atomic E-state index is 0.590. The van der Waals surface area contributed by atoms with Gasteiger partial charge in [0.25, 0.3) is 0 Å². The number of fused-ring (bicyclic) bond motifs is 3. The van der Waals surface area contributed by atoms with Crippen LogP contribution < -0.4 is 4.74 Å². The molecule has 1 aromatic heterocycles. The third-order valence-corrected chi connectivity index (χ3v) is 5.94. The molecule has 0 fully saturated rings. The van der Waals surface area contributed by atoms with E-state index in [-0.39, 0.29) is 0 Å². The standard InChI is InChI=1S/C23H28N2O/c1-16-6-5-7-20-21-15-24(3)17(2)14-22(21)25(23(16)20)13-12-18-8-10-19(26-4)11-9-18/h5-11,17H,12-15H2,1-4H3. The fraction of sp³-hybridized carbons (Fsp3) is 0.391. The molecule has 1 atom stereocenters. The van der Waals surface area contributed by atoms with Crippen LogP contribution in [-0.2, 0) is 25.9 Å². The van der Waals surface area contributed by atoms with Gasteiger partial charge in [0, 0.05) is 36.6 Å². The first-order valence-corrected chi connectivity index (χ1v) is 9.51. The minimum Gasteiger partial charge on any atom is -0.497 e. The number of nitrogens with zero attached hydrogens (tertiary/aromatic N) is 2. The van der Waals surface area contributed by atoms with Crippen LogP contribution in [0.2, 0.25) is 0 Å². The van der Waals surface area contributed by atoms with Crippen LogP contribution in [0.4, 0.5) is 0 Å². The Kier molecular flexibility index (Phi) is 4.49. The zero-order valence-electron chi connectivity index (χ0n) is 16.2. The Hall–Kier alpha value is -2.26. The number of ether oxygens (including phenoxy) is 1. The van der Waals surface area contributed by atoms with Crippen LogP contribution >= 0.6 is 0 Å². The molecule has 4 rings (SSSR count). The summed E-state index contributed by atoms with van der Waals surface area (Å²) >= 11 is 0. The topological polar surface area (TPSA) is 17.4 Å². The first kappa shape index (κ1) is 17.2. The van der Waals surface area contributed by atoms with Gasteiger partial charge in [-0.2, -0.15) is 0 Å². The average molecular weight is 348 g/mol. The van der Waals surface area contributed by atoms with Crippen LogP contribution in [0.5, 0.6) is 5.75 Å². The van der Waals surface area contributed by atoms with Crippen LogP contribution in [0.25, 0.3) is 10.9 Å². The van der Waals surface area contributed by atoms with Crippen molar-refractivity contribution in [2.75, 3.05) is 14.2 Å².